The van der Waals surface area contributed by atoms with Crippen LogP contribution in [0.15, 0.2) is 18.2 Å². The zero-order valence-corrected chi connectivity index (χ0v) is 10.2. The van der Waals surface area contributed by atoms with E-state index in [4.69, 9.17) is 5.11 Å². The Morgan fingerprint density at radius 3 is 2.75 bits per heavy atom. The highest BCUT2D eigenvalue weighted by Crippen LogP contribution is 2.23. The van der Waals surface area contributed by atoms with Crippen molar-refractivity contribution in [3.8, 4) is 0 Å². The molecule has 0 amide bonds. The van der Waals surface area contributed by atoms with Crippen molar-refractivity contribution in [1.29, 1.82) is 0 Å². The number of anilines is 1. The van der Waals surface area contributed by atoms with Crippen LogP contribution in [-0.2, 0) is 4.74 Å². The second kappa shape index (κ2) is 7.34. The molecular weight excluding hydrogens is 278 g/mol. The SMILES string of the molecule is O=C(O)c1ccc(NCCOCC(F)F)cc1[N+](=O)[O-]. The van der Waals surface area contributed by atoms with E-state index in [1.54, 1.807) is 0 Å². The number of nitrogens with zero attached hydrogens (tertiary/aromatic N) is 1. The van der Waals surface area contributed by atoms with Crippen molar-refractivity contribution < 1.29 is 28.3 Å². The predicted molar refractivity (Wildman–Crippen MR) is 65.4 cm³/mol. The molecule has 110 valence electrons. The molecule has 0 saturated heterocycles. The fourth-order valence-electron chi connectivity index (χ4n) is 1.41. The first-order valence-electron chi connectivity index (χ1n) is 5.53. The van der Waals surface area contributed by atoms with Crippen molar-refractivity contribution in [3.05, 3.63) is 33.9 Å². The van der Waals surface area contributed by atoms with E-state index in [9.17, 15) is 23.7 Å². The highest BCUT2D eigenvalue weighted by atomic mass is 19.3. The lowest BCUT2D eigenvalue weighted by molar-refractivity contribution is -0.385. The maximum Gasteiger partial charge on any atom is 0.342 e. The molecule has 2 N–H and O–H groups in total. The van der Waals surface area contributed by atoms with Gasteiger partial charge in [0.25, 0.3) is 12.1 Å². The summed E-state index contributed by atoms with van der Waals surface area (Å²) in [5.41, 5.74) is -0.659. The molecule has 0 aromatic heterocycles. The Kier molecular flexibility index (Phi) is 5.78. The van der Waals surface area contributed by atoms with Crippen molar-refractivity contribution >= 4 is 17.3 Å². The van der Waals surface area contributed by atoms with E-state index >= 15 is 0 Å². The largest absolute Gasteiger partial charge is 0.477 e. The van der Waals surface area contributed by atoms with Gasteiger partial charge >= 0.3 is 5.97 Å². The zero-order chi connectivity index (χ0) is 15.1. The number of carboxylic acids is 1. The molecule has 0 aliphatic heterocycles. The van der Waals surface area contributed by atoms with E-state index in [0.717, 1.165) is 12.1 Å². The lowest BCUT2D eigenvalue weighted by Crippen LogP contribution is -2.13. The molecule has 0 unspecified atom stereocenters. The van der Waals surface area contributed by atoms with Crippen molar-refractivity contribution in [2.45, 2.75) is 6.43 Å². The van der Waals surface area contributed by atoms with Gasteiger partial charge < -0.3 is 15.2 Å². The molecule has 0 spiro atoms. The maximum absolute atomic E-state index is 11.8. The third-order valence-electron chi connectivity index (χ3n) is 2.24. The average molecular weight is 290 g/mol. The van der Waals surface area contributed by atoms with Gasteiger partial charge in [-0.1, -0.05) is 0 Å². The Balaban J connectivity index is 2.61. The van der Waals surface area contributed by atoms with Gasteiger partial charge in [0.1, 0.15) is 12.2 Å². The Labute approximate surface area is 112 Å². The average Bonchev–Trinajstić information content (AvgIpc) is 2.37. The third kappa shape index (κ3) is 4.76. The number of hydrogen-bond donors (Lipinski definition) is 2. The number of carbonyl (C=O) groups is 1. The lowest BCUT2D eigenvalue weighted by atomic mass is 10.1. The van der Waals surface area contributed by atoms with E-state index in [0.29, 0.717) is 5.69 Å². The second-order valence-corrected chi connectivity index (χ2v) is 3.69. The molecule has 0 atom stereocenters. The summed E-state index contributed by atoms with van der Waals surface area (Å²) in [4.78, 5) is 20.7. The molecule has 0 aliphatic rings. The monoisotopic (exact) mass is 290 g/mol. The predicted octanol–water partition coefficient (Wildman–Crippen LogP) is 1.99. The summed E-state index contributed by atoms with van der Waals surface area (Å²) in [7, 11) is 0. The summed E-state index contributed by atoms with van der Waals surface area (Å²) >= 11 is 0. The van der Waals surface area contributed by atoms with Crippen LogP contribution in [0.1, 0.15) is 10.4 Å². The summed E-state index contributed by atoms with van der Waals surface area (Å²) in [6.07, 6.45) is -2.55. The first-order valence-corrected chi connectivity index (χ1v) is 5.53. The van der Waals surface area contributed by atoms with Crippen molar-refractivity contribution in [2.75, 3.05) is 25.1 Å². The van der Waals surface area contributed by atoms with Crippen molar-refractivity contribution in [3.63, 3.8) is 0 Å². The molecule has 1 rings (SSSR count). The van der Waals surface area contributed by atoms with E-state index in [1.807, 2.05) is 0 Å². The van der Waals surface area contributed by atoms with Gasteiger partial charge in [-0.15, -0.1) is 0 Å². The van der Waals surface area contributed by atoms with Crippen LogP contribution >= 0.6 is 0 Å². The number of aromatic carboxylic acids is 1. The van der Waals surface area contributed by atoms with Crippen LogP contribution in [0.25, 0.3) is 0 Å². The molecule has 0 radical (unpaired) electrons. The van der Waals surface area contributed by atoms with Gasteiger partial charge in [-0.2, -0.15) is 0 Å². The Hall–Kier alpha value is -2.29. The number of halogens is 2. The number of rotatable bonds is 8. The smallest absolute Gasteiger partial charge is 0.342 e. The second-order valence-electron chi connectivity index (χ2n) is 3.69. The summed E-state index contributed by atoms with van der Waals surface area (Å²) in [6, 6.07) is 3.52. The fraction of sp³-hybridized carbons (Fsp3) is 0.364. The maximum atomic E-state index is 11.8. The molecule has 0 aliphatic carbocycles. The highest BCUT2D eigenvalue weighted by Gasteiger charge is 2.19. The molecule has 0 heterocycles. The number of carboxylic acid groups (broad SMARTS) is 1. The minimum atomic E-state index is -2.55. The molecule has 0 saturated carbocycles. The number of benzene rings is 1. The standard InChI is InChI=1S/C11H12F2N2O5/c12-10(13)6-20-4-3-14-7-1-2-8(11(16)17)9(5-7)15(18)19/h1-2,5,10,14H,3-4,6H2,(H,16,17). The number of nitrogens with one attached hydrogen (secondary N) is 1. The van der Waals surface area contributed by atoms with Crippen LogP contribution in [0.2, 0.25) is 0 Å². The van der Waals surface area contributed by atoms with Crippen molar-refractivity contribution in [1.82, 2.24) is 0 Å². The lowest BCUT2D eigenvalue weighted by Gasteiger charge is -2.07. The van der Waals surface area contributed by atoms with Gasteiger partial charge in [0.05, 0.1) is 11.5 Å². The van der Waals surface area contributed by atoms with E-state index < -0.39 is 35.2 Å². The highest BCUT2D eigenvalue weighted by molar-refractivity contribution is 5.93. The Morgan fingerprint density at radius 1 is 1.50 bits per heavy atom. The minimum absolute atomic E-state index is 0.00117. The number of ether oxygens (including phenoxy) is 1. The summed E-state index contributed by atoms with van der Waals surface area (Å²) in [5, 5.41) is 22.2. The number of hydrogen-bond acceptors (Lipinski definition) is 5. The molecule has 0 bridgehead atoms. The molecular formula is C11H12F2N2O5. The van der Waals surface area contributed by atoms with E-state index in [2.05, 4.69) is 10.1 Å². The van der Waals surface area contributed by atoms with Crippen LogP contribution in [0, 0.1) is 10.1 Å². The van der Waals surface area contributed by atoms with Gasteiger partial charge in [-0.05, 0) is 12.1 Å². The van der Waals surface area contributed by atoms with Crippen molar-refractivity contribution in [2.24, 2.45) is 0 Å². The minimum Gasteiger partial charge on any atom is -0.477 e. The van der Waals surface area contributed by atoms with Crippen LogP contribution in [0.5, 0.6) is 0 Å². The molecule has 0 fully saturated rings. The van der Waals surface area contributed by atoms with E-state index in [-0.39, 0.29) is 13.2 Å². The molecule has 1 aromatic carbocycles. The van der Waals surface area contributed by atoms with Gasteiger partial charge in [0.2, 0.25) is 0 Å². The Morgan fingerprint density at radius 2 is 2.20 bits per heavy atom. The number of alkyl halides is 2. The normalized spacial score (nSPS) is 10.6. The van der Waals surface area contributed by atoms with Crippen LogP contribution in [-0.4, -0.2) is 42.2 Å². The van der Waals surface area contributed by atoms with Gasteiger partial charge in [-0.25, -0.2) is 13.6 Å². The summed E-state index contributed by atoms with van der Waals surface area (Å²) in [6.45, 7) is -0.519. The van der Waals surface area contributed by atoms with E-state index in [1.165, 1.54) is 6.07 Å². The Bertz CT molecular complexity index is 496. The zero-order valence-electron chi connectivity index (χ0n) is 10.2. The fourth-order valence-corrected chi connectivity index (χ4v) is 1.41. The van der Waals surface area contributed by atoms with Gasteiger partial charge in [0, 0.05) is 18.3 Å². The third-order valence-corrected chi connectivity index (χ3v) is 2.24. The number of nitro benzene ring substituents is 1. The summed E-state index contributed by atoms with van der Waals surface area (Å²) < 4.78 is 28.2. The molecule has 1 aromatic rings. The first-order chi connectivity index (χ1) is 9.41. The molecule has 20 heavy (non-hydrogen) atoms. The summed E-state index contributed by atoms with van der Waals surface area (Å²) in [5.74, 6) is -1.40. The molecule has 7 nitrogen and oxygen atoms in total. The van der Waals surface area contributed by atoms with Crippen LogP contribution < -0.4 is 5.32 Å². The number of nitro groups is 1. The van der Waals surface area contributed by atoms with Gasteiger partial charge in [-0.3, -0.25) is 10.1 Å². The quantitative estimate of drug-likeness (QED) is 0.431. The van der Waals surface area contributed by atoms with Crippen LogP contribution in [0.3, 0.4) is 0 Å². The van der Waals surface area contributed by atoms with Crippen LogP contribution in [0.4, 0.5) is 20.2 Å². The topological polar surface area (TPSA) is 102 Å². The first kappa shape index (κ1) is 15.8. The molecule has 9 heteroatoms. The van der Waals surface area contributed by atoms with Gasteiger partial charge in [0.15, 0.2) is 0 Å².